The zero-order valence-electron chi connectivity index (χ0n) is 16.4. The Balaban J connectivity index is 1.77. The number of benzene rings is 4. The number of rotatable bonds is 2. The van der Waals surface area contributed by atoms with Gasteiger partial charge in [0.05, 0.1) is 0 Å². The van der Waals surface area contributed by atoms with Crippen LogP contribution in [0.5, 0.6) is 0 Å². The molecule has 0 aliphatic heterocycles. The van der Waals surface area contributed by atoms with E-state index in [2.05, 4.69) is 99.6 Å². The Morgan fingerprint density at radius 3 is 2.14 bits per heavy atom. The Kier molecular flexibility index (Phi) is 4.07. The Hall–Kier alpha value is -2.90. The van der Waals surface area contributed by atoms with Gasteiger partial charge in [-0.1, -0.05) is 66.7 Å². The highest BCUT2D eigenvalue weighted by atomic mass is 32.1. The summed E-state index contributed by atoms with van der Waals surface area (Å²) in [7, 11) is 0. The molecule has 0 N–H and O–H groups in total. The second-order valence-corrected chi connectivity index (χ2v) is 8.67. The van der Waals surface area contributed by atoms with Gasteiger partial charge in [0, 0.05) is 20.2 Å². The lowest BCUT2D eigenvalue weighted by molar-refractivity contribution is 1.33. The predicted molar refractivity (Wildman–Crippen MR) is 124 cm³/mol. The number of hydrogen-bond acceptors (Lipinski definition) is 1. The van der Waals surface area contributed by atoms with Gasteiger partial charge in [-0.2, -0.15) is 0 Å². The maximum atomic E-state index is 2.36. The molecule has 28 heavy (non-hydrogen) atoms. The van der Waals surface area contributed by atoms with Crippen LogP contribution < -0.4 is 0 Å². The fraction of sp³-hybridized carbons (Fsp3) is 0.111. The molecule has 1 heterocycles. The van der Waals surface area contributed by atoms with Crippen molar-refractivity contribution in [1.82, 2.24) is 0 Å². The van der Waals surface area contributed by atoms with Gasteiger partial charge in [0.25, 0.3) is 0 Å². The molecule has 5 aromatic rings. The molecule has 0 aliphatic carbocycles. The molecular formula is C27H22S. The van der Waals surface area contributed by atoms with E-state index in [-0.39, 0.29) is 0 Å². The second-order valence-electron chi connectivity index (χ2n) is 7.62. The van der Waals surface area contributed by atoms with Gasteiger partial charge in [-0.25, -0.2) is 0 Å². The van der Waals surface area contributed by atoms with Crippen LogP contribution in [0.1, 0.15) is 16.7 Å². The van der Waals surface area contributed by atoms with Gasteiger partial charge in [0.1, 0.15) is 0 Å². The number of hydrogen-bond donors (Lipinski definition) is 0. The Morgan fingerprint density at radius 2 is 1.29 bits per heavy atom. The van der Waals surface area contributed by atoms with Gasteiger partial charge in [0.15, 0.2) is 0 Å². The van der Waals surface area contributed by atoms with Crippen molar-refractivity contribution in [3.05, 3.63) is 95.6 Å². The van der Waals surface area contributed by atoms with Crippen molar-refractivity contribution in [2.45, 2.75) is 20.8 Å². The molecule has 1 aromatic heterocycles. The lowest BCUT2D eigenvalue weighted by Crippen LogP contribution is -1.89. The van der Waals surface area contributed by atoms with E-state index in [1.165, 1.54) is 59.1 Å². The molecule has 0 amide bonds. The van der Waals surface area contributed by atoms with Gasteiger partial charge in [-0.05, 0) is 71.8 Å². The van der Waals surface area contributed by atoms with Crippen LogP contribution in [0.25, 0.3) is 42.4 Å². The summed E-state index contributed by atoms with van der Waals surface area (Å²) in [6.45, 7) is 6.61. The molecule has 4 aromatic carbocycles. The topological polar surface area (TPSA) is 0 Å². The summed E-state index contributed by atoms with van der Waals surface area (Å²) < 4.78 is 2.73. The Bertz CT molecular complexity index is 1340. The molecule has 5 rings (SSSR count). The van der Waals surface area contributed by atoms with Crippen molar-refractivity contribution in [3.8, 4) is 22.3 Å². The molecule has 0 saturated carbocycles. The maximum Gasteiger partial charge on any atom is 0.0433 e. The van der Waals surface area contributed by atoms with Crippen LogP contribution in [-0.2, 0) is 0 Å². The van der Waals surface area contributed by atoms with Gasteiger partial charge in [-0.3, -0.25) is 0 Å². The third kappa shape index (κ3) is 2.75. The molecule has 0 spiro atoms. The largest absolute Gasteiger partial charge is 0.135 e. The maximum absolute atomic E-state index is 2.36. The van der Waals surface area contributed by atoms with Gasteiger partial charge >= 0.3 is 0 Å². The smallest absolute Gasteiger partial charge is 0.0433 e. The first-order chi connectivity index (χ1) is 13.6. The fourth-order valence-electron chi connectivity index (χ4n) is 4.13. The van der Waals surface area contributed by atoms with Crippen molar-refractivity contribution in [3.63, 3.8) is 0 Å². The molecule has 0 nitrogen and oxygen atoms in total. The Morgan fingerprint density at radius 1 is 0.607 bits per heavy atom. The fourth-order valence-corrected chi connectivity index (χ4v) is 5.37. The van der Waals surface area contributed by atoms with Crippen LogP contribution in [0.3, 0.4) is 0 Å². The van der Waals surface area contributed by atoms with Gasteiger partial charge in [-0.15, -0.1) is 11.3 Å². The highest BCUT2D eigenvalue weighted by Gasteiger charge is 2.12. The average molecular weight is 379 g/mol. The predicted octanol–water partition coefficient (Wildman–Crippen LogP) is 8.31. The third-order valence-corrected chi connectivity index (χ3v) is 6.93. The average Bonchev–Trinajstić information content (AvgIpc) is 3.08. The third-order valence-electron chi connectivity index (χ3n) is 5.71. The van der Waals surface area contributed by atoms with Crippen molar-refractivity contribution >= 4 is 31.5 Å². The minimum atomic E-state index is 1.30. The minimum absolute atomic E-state index is 1.30. The van der Waals surface area contributed by atoms with Crippen molar-refractivity contribution in [1.29, 1.82) is 0 Å². The summed E-state index contributed by atoms with van der Waals surface area (Å²) in [5.41, 5.74) is 9.25. The number of fused-ring (bicyclic) bond motifs is 3. The molecule has 136 valence electrons. The van der Waals surface area contributed by atoms with E-state index >= 15 is 0 Å². The summed E-state index contributed by atoms with van der Waals surface area (Å²) in [4.78, 5) is 0. The van der Waals surface area contributed by atoms with Gasteiger partial charge in [0.2, 0.25) is 0 Å². The zero-order chi connectivity index (χ0) is 19.3. The summed E-state index contributed by atoms with van der Waals surface area (Å²) in [6, 6.07) is 29.0. The van der Waals surface area contributed by atoms with Crippen molar-refractivity contribution < 1.29 is 0 Å². The van der Waals surface area contributed by atoms with Crippen LogP contribution in [0.4, 0.5) is 0 Å². The SMILES string of the molecule is Cc1cc(-c2cccc(C)c2C)cc(-c2cccc3c2sc2ccccc23)c1. The second kappa shape index (κ2) is 6.61. The van der Waals surface area contributed by atoms with E-state index in [0.717, 1.165) is 0 Å². The van der Waals surface area contributed by atoms with E-state index in [1.807, 2.05) is 11.3 Å². The summed E-state index contributed by atoms with van der Waals surface area (Å²) in [6.07, 6.45) is 0. The monoisotopic (exact) mass is 378 g/mol. The van der Waals surface area contributed by atoms with E-state index in [4.69, 9.17) is 0 Å². The molecule has 1 heteroatoms. The summed E-state index contributed by atoms with van der Waals surface area (Å²) >= 11 is 1.90. The van der Waals surface area contributed by atoms with E-state index in [0.29, 0.717) is 0 Å². The highest BCUT2D eigenvalue weighted by Crippen LogP contribution is 2.41. The lowest BCUT2D eigenvalue weighted by Gasteiger charge is -2.13. The van der Waals surface area contributed by atoms with Crippen LogP contribution >= 0.6 is 11.3 Å². The Labute approximate surface area is 170 Å². The first-order valence-electron chi connectivity index (χ1n) is 9.71. The van der Waals surface area contributed by atoms with Crippen LogP contribution in [0, 0.1) is 20.8 Å². The first-order valence-corrected chi connectivity index (χ1v) is 10.5. The van der Waals surface area contributed by atoms with E-state index in [9.17, 15) is 0 Å². The van der Waals surface area contributed by atoms with E-state index < -0.39 is 0 Å². The normalized spacial score (nSPS) is 11.4. The van der Waals surface area contributed by atoms with Crippen LogP contribution in [0.15, 0.2) is 78.9 Å². The molecular weight excluding hydrogens is 356 g/mol. The highest BCUT2D eigenvalue weighted by molar-refractivity contribution is 7.26. The standard InChI is InChI=1S/C27H22S/c1-17-14-20(22-10-6-8-18(2)19(22)3)16-21(15-17)23-11-7-12-25-24-9-4-5-13-26(24)28-27(23)25/h4-16H,1-3H3. The minimum Gasteiger partial charge on any atom is -0.135 e. The molecule has 0 unspecified atom stereocenters. The van der Waals surface area contributed by atoms with Crippen LogP contribution in [-0.4, -0.2) is 0 Å². The molecule has 0 radical (unpaired) electrons. The van der Waals surface area contributed by atoms with Gasteiger partial charge < -0.3 is 0 Å². The summed E-state index contributed by atoms with van der Waals surface area (Å²) in [5.74, 6) is 0. The molecule has 0 aliphatic rings. The first kappa shape index (κ1) is 17.2. The van der Waals surface area contributed by atoms with E-state index in [1.54, 1.807) is 0 Å². The number of thiophene rings is 1. The van der Waals surface area contributed by atoms with Crippen LogP contribution in [0.2, 0.25) is 0 Å². The van der Waals surface area contributed by atoms with Crippen molar-refractivity contribution in [2.24, 2.45) is 0 Å². The van der Waals surface area contributed by atoms with Crippen molar-refractivity contribution in [2.75, 3.05) is 0 Å². The quantitative estimate of drug-likeness (QED) is 0.290. The lowest BCUT2D eigenvalue weighted by atomic mass is 9.92. The molecule has 0 saturated heterocycles. The number of aryl methyl sites for hydroxylation is 2. The summed E-state index contributed by atoms with van der Waals surface area (Å²) in [5, 5.41) is 2.71. The molecule has 0 atom stereocenters. The molecule has 0 bridgehead atoms. The molecule has 0 fully saturated rings. The zero-order valence-corrected chi connectivity index (χ0v) is 17.2.